The van der Waals surface area contributed by atoms with Gasteiger partial charge in [0.05, 0.1) is 5.41 Å². The molecule has 1 heterocycles. The average molecular weight is 389 g/mol. The van der Waals surface area contributed by atoms with Crippen LogP contribution in [0.3, 0.4) is 0 Å². The lowest BCUT2D eigenvalue weighted by Gasteiger charge is -2.50. The Labute approximate surface area is 169 Å². The second kappa shape index (κ2) is 7.75. The van der Waals surface area contributed by atoms with E-state index in [2.05, 4.69) is 40.1 Å². The van der Waals surface area contributed by atoms with Crippen LogP contribution in [0.2, 0.25) is 0 Å². The van der Waals surface area contributed by atoms with Crippen molar-refractivity contribution in [3.63, 3.8) is 0 Å². The van der Waals surface area contributed by atoms with Crippen LogP contribution >= 0.6 is 12.4 Å². The molecule has 2 unspecified atom stereocenters. The van der Waals surface area contributed by atoms with Crippen LogP contribution in [-0.2, 0) is 11.3 Å². The third-order valence-electron chi connectivity index (χ3n) is 7.72. The van der Waals surface area contributed by atoms with Gasteiger partial charge in [0.2, 0.25) is 5.91 Å². The summed E-state index contributed by atoms with van der Waals surface area (Å²) in [6.07, 6.45) is 9.20. The molecule has 1 aromatic rings. The molecule has 27 heavy (non-hydrogen) atoms. The van der Waals surface area contributed by atoms with Gasteiger partial charge >= 0.3 is 0 Å². The van der Waals surface area contributed by atoms with Crippen molar-refractivity contribution in [3.8, 4) is 0 Å². The Kier molecular flexibility index (Phi) is 5.53. The smallest absolute Gasteiger partial charge is 0.228 e. The second-order valence-electron chi connectivity index (χ2n) is 9.59. The Morgan fingerprint density at radius 2 is 1.48 bits per heavy atom. The molecule has 4 heteroatoms. The predicted octanol–water partition coefficient (Wildman–Crippen LogP) is 4.36. The predicted molar refractivity (Wildman–Crippen MR) is 111 cm³/mol. The average Bonchev–Trinajstić information content (AvgIpc) is 2.88. The number of piperazine rings is 1. The van der Waals surface area contributed by atoms with Gasteiger partial charge in [-0.05, 0) is 55.4 Å². The first kappa shape index (κ1) is 19.3. The molecule has 0 spiro atoms. The number of carbonyl (C=O) groups is 1. The van der Waals surface area contributed by atoms with Crippen LogP contribution in [-0.4, -0.2) is 41.9 Å². The van der Waals surface area contributed by atoms with Crippen molar-refractivity contribution in [2.75, 3.05) is 26.2 Å². The Hall–Kier alpha value is -1.06. The highest BCUT2D eigenvalue weighted by atomic mass is 35.5. The largest absolute Gasteiger partial charge is 0.340 e. The summed E-state index contributed by atoms with van der Waals surface area (Å²) in [5, 5.41) is 0. The molecule has 0 N–H and O–H groups in total. The van der Waals surface area contributed by atoms with Gasteiger partial charge in [0.25, 0.3) is 0 Å². The highest BCUT2D eigenvalue weighted by Gasteiger charge is 2.53. The SMILES string of the molecule is Cl.O=C(N1CCN(Cc2ccccc2)CC1)C12CC3CCC(CC(C3)C1)C2. The van der Waals surface area contributed by atoms with E-state index in [1.54, 1.807) is 0 Å². The fourth-order valence-electron chi connectivity index (χ4n) is 6.74. The fourth-order valence-corrected chi connectivity index (χ4v) is 6.74. The van der Waals surface area contributed by atoms with Gasteiger partial charge in [-0.1, -0.05) is 43.2 Å². The summed E-state index contributed by atoms with van der Waals surface area (Å²) in [6, 6.07) is 10.7. The third-order valence-corrected chi connectivity index (χ3v) is 7.72. The van der Waals surface area contributed by atoms with Gasteiger partial charge in [0.15, 0.2) is 0 Å². The van der Waals surface area contributed by atoms with Gasteiger partial charge in [0.1, 0.15) is 0 Å². The fraction of sp³-hybridized carbons (Fsp3) is 0.696. The molecule has 1 saturated heterocycles. The van der Waals surface area contributed by atoms with Crippen molar-refractivity contribution in [1.82, 2.24) is 9.80 Å². The number of fused-ring (bicyclic) bond motifs is 1. The molecule has 148 valence electrons. The molecule has 0 aromatic heterocycles. The first-order valence-corrected chi connectivity index (χ1v) is 10.8. The summed E-state index contributed by atoms with van der Waals surface area (Å²) in [6.45, 7) is 4.90. The lowest BCUT2D eigenvalue weighted by Crippen LogP contribution is -2.55. The minimum Gasteiger partial charge on any atom is -0.340 e. The molecule has 4 aliphatic carbocycles. The van der Waals surface area contributed by atoms with E-state index < -0.39 is 0 Å². The van der Waals surface area contributed by atoms with Crippen LogP contribution in [0.25, 0.3) is 0 Å². The molecule has 1 aromatic carbocycles. The number of hydrogen-bond donors (Lipinski definition) is 0. The lowest BCUT2D eigenvalue weighted by atomic mass is 9.58. The second-order valence-corrected chi connectivity index (χ2v) is 9.59. The van der Waals surface area contributed by atoms with Crippen LogP contribution in [0.15, 0.2) is 30.3 Å². The molecule has 1 amide bonds. The first-order valence-electron chi connectivity index (χ1n) is 10.8. The quantitative estimate of drug-likeness (QED) is 0.768. The summed E-state index contributed by atoms with van der Waals surface area (Å²) in [4.78, 5) is 18.3. The molecule has 2 atom stereocenters. The maximum atomic E-state index is 13.6. The highest BCUT2D eigenvalue weighted by molar-refractivity contribution is 5.85. The van der Waals surface area contributed by atoms with Gasteiger partial charge in [-0.25, -0.2) is 0 Å². The number of carbonyl (C=O) groups excluding carboxylic acids is 1. The maximum absolute atomic E-state index is 13.6. The summed E-state index contributed by atoms with van der Waals surface area (Å²) >= 11 is 0. The van der Waals surface area contributed by atoms with Gasteiger partial charge in [0, 0.05) is 32.7 Å². The zero-order chi connectivity index (χ0) is 17.6. The minimum atomic E-state index is 0. The molecule has 3 nitrogen and oxygen atoms in total. The van der Waals surface area contributed by atoms with Crippen molar-refractivity contribution in [2.24, 2.45) is 23.2 Å². The van der Waals surface area contributed by atoms with Crippen molar-refractivity contribution in [1.29, 1.82) is 0 Å². The Morgan fingerprint density at radius 1 is 0.889 bits per heavy atom. The summed E-state index contributed by atoms with van der Waals surface area (Å²) in [5.41, 5.74) is 1.40. The zero-order valence-corrected chi connectivity index (χ0v) is 17.1. The van der Waals surface area contributed by atoms with Crippen molar-refractivity contribution < 1.29 is 4.79 Å². The lowest BCUT2D eigenvalue weighted by molar-refractivity contribution is -0.152. The molecule has 0 radical (unpaired) electrons. The number of benzene rings is 1. The molecule has 4 bridgehead atoms. The van der Waals surface area contributed by atoms with Gasteiger partial charge < -0.3 is 4.90 Å². The van der Waals surface area contributed by atoms with Gasteiger partial charge in [-0.15, -0.1) is 12.4 Å². The van der Waals surface area contributed by atoms with E-state index in [0.717, 1.165) is 50.5 Å². The normalized spacial score (nSPS) is 35.6. The summed E-state index contributed by atoms with van der Waals surface area (Å²) < 4.78 is 0. The zero-order valence-electron chi connectivity index (χ0n) is 16.3. The van der Waals surface area contributed by atoms with E-state index in [1.807, 2.05) is 0 Å². The molecule has 5 fully saturated rings. The van der Waals surface area contributed by atoms with E-state index in [9.17, 15) is 4.79 Å². The van der Waals surface area contributed by atoms with Gasteiger partial charge in [-0.3, -0.25) is 9.69 Å². The molecule has 5 aliphatic rings. The van der Waals surface area contributed by atoms with Crippen molar-refractivity contribution >= 4 is 18.3 Å². The van der Waals surface area contributed by atoms with Crippen LogP contribution in [0.5, 0.6) is 0 Å². The van der Waals surface area contributed by atoms with Crippen LogP contribution < -0.4 is 0 Å². The maximum Gasteiger partial charge on any atom is 0.228 e. The standard InChI is InChI=1S/C23H32N2O.ClH/c26-22(23-14-19-6-7-20(15-23)13-21(12-19)16-23)25-10-8-24(9-11-25)17-18-4-2-1-3-5-18;/h1-5,19-21H,6-17H2;1H. The molecule has 1 aliphatic heterocycles. The molecule has 4 saturated carbocycles. The number of rotatable bonds is 3. The van der Waals surface area contributed by atoms with Crippen LogP contribution in [0.4, 0.5) is 0 Å². The highest BCUT2D eigenvalue weighted by Crippen LogP contribution is 2.58. The monoisotopic (exact) mass is 388 g/mol. The number of hydrogen-bond acceptors (Lipinski definition) is 2. The Balaban J connectivity index is 0.00000180. The van der Waals surface area contributed by atoms with E-state index in [-0.39, 0.29) is 17.8 Å². The van der Waals surface area contributed by atoms with Crippen LogP contribution in [0.1, 0.15) is 50.5 Å². The van der Waals surface area contributed by atoms with E-state index in [0.29, 0.717) is 5.91 Å². The number of nitrogens with zero attached hydrogens (tertiary/aromatic N) is 2. The van der Waals surface area contributed by atoms with Crippen molar-refractivity contribution in [3.05, 3.63) is 35.9 Å². The van der Waals surface area contributed by atoms with Crippen molar-refractivity contribution in [2.45, 2.75) is 51.5 Å². The molecular formula is C23H33ClN2O. The summed E-state index contributed by atoms with van der Waals surface area (Å²) in [7, 11) is 0. The Morgan fingerprint density at radius 3 is 2.11 bits per heavy atom. The third kappa shape index (κ3) is 3.78. The molecule has 6 rings (SSSR count). The van der Waals surface area contributed by atoms with E-state index in [1.165, 1.54) is 50.5 Å². The van der Waals surface area contributed by atoms with Crippen LogP contribution in [0, 0.1) is 23.2 Å². The topological polar surface area (TPSA) is 23.6 Å². The number of halogens is 1. The Bertz CT molecular complexity index is 640. The molecular weight excluding hydrogens is 356 g/mol. The minimum absolute atomic E-state index is 0. The number of amides is 1. The van der Waals surface area contributed by atoms with E-state index in [4.69, 9.17) is 0 Å². The first-order chi connectivity index (χ1) is 12.7. The summed E-state index contributed by atoms with van der Waals surface area (Å²) in [5.74, 6) is 3.05. The van der Waals surface area contributed by atoms with Gasteiger partial charge in [-0.2, -0.15) is 0 Å². The van der Waals surface area contributed by atoms with E-state index >= 15 is 0 Å².